The molecule has 6 heteroatoms. The summed E-state index contributed by atoms with van der Waals surface area (Å²) in [6, 6.07) is 31.2. The van der Waals surface area contributed by atoms with E-state index in [0.717, 1.165) is 61.6 Å². The van der Waals surface area contributed by atoms with Crippen LogP contribution >= 0.6 is 0 Å². The minimum Gasteiger partial charge on any atom is -0.462 e. The molecule has 0 radical (unpaired) electrons. The van der Waals surface area contributed by atoms with Crippen molar-refractivity contribution >= 4 is 11.9 Å². The number of fused-ring (bicyclic) bond motifs is 1. The van der Waals surface area contributed by atoms with Gasteiger partial charge in [0.05, 0.1) is 19.3 Å². The lowest BCUT2D eigenvalue weighted by atomic mass is 9.80. The van der Waals surface area contributed by atoms with Crippen molar-refractivity contribution < 1.29 is 28.5 Å². The number of carbonyl (C=O) groups excluding carboxylic acids is 2. The first-order chi connectivity index (χ1) is 22.9. The van der Waals surface area contributed by atoms with E-state index in [1.807, 2.05) is 24.3 Å². The molecule has 250 valence electrons. The van der Waals surface area contributed by atoms with Crippen LogP contribution in [0.5, 0.6) is 0 Å². The molecule has 0 saturated heterocycles. The lowest BCUT2D eigenvalue weighted by Gasteiger charge is -2.36. The van der Waals surface area contributed by atoms with Crippen molar-refractivity contribution in [2.75, 3.05) is 13.2 Å². The molecule has 0 N–H and O–H groups in total. The van der Waals surface area contributed by atoms with Crippen LogP contribution in [0, 0.1) is 17.8 Å². The molecule has 2 fully saturated rings. The molecule has 0 aromatic heterocycles. The second kappa shape index (κ2) is 16.9. The fourth-order valence-corrected chi connectivity index (χ4v) is 7.75. The number of ether oxygens (including phenoxy) is 4. The summed E-state index contributed by atoms with van der Waals surface area (Å²) in [7, 11) is 0. The van der Waals surface area contributed by atoms with E-state index in [2.05, 4.69) is 85.8 Å². The molecule has 6 nitrogen and oxygen atoms in total. The molecule has 5 rings (SSSR count). The van der Waals surface area contributed by atoms with Gasteiger partial charge in [-0.05, 0) is 66.7 Å². The van der Waals surface area contributed by atoms with Crippen LogP contribution in [-0.2, 0) is 34.1 Å². The van der Waals surface area contributed by atoms with Gasteiger partial charge < -0.3 is 18.9 Å². The molecular weight excluding hydrogens is 588 g/mol. The predicted molar refractivity (Wildman–Crippen MR) is 184 cm³/mol. The zero-order valence-electron chi connectivity index (χ0n) is 28.1. The molecule has 0 spiro atoms. The van der Waals surface area contributed by atoms with Gasteiger partial charge in [0.1, 0.15) is 17.8 Å². The smallest absolute Gasteiger partial charge is 0.303 e. The van der Waals surface area contributed by atoms with Crippen molar-refractivity contribution in [3.8, 4) is 0 Å². The molecule has 2 aliphatic carbocycles. The average molecular weight is 639 g/mol. The Morgan fingerprint density at radius 1 is 0.787 bits per heavy atom. The molecule has 1 unspecified atom stereocenters. The van der Waals surface area contributed by atoms with Gasteiger partial charge >= 0.3 is 11.9 Å². The highest BCUT2D eigenvalue weighted by atomic mass is 16.6. The highest BCUT2D eigenvalue weighted by molar-refractivity contribution is 5.66. The van der Waals surface area contributed by atoms with Gasteiger partial charge in [0.2, 0.25) is 0 Å². The van der Waals surface area contributed by atoms with E-state index in [0.29, 0.717) is 25.0 Å². The lowest BCUT2D eigenvalue weighted by molar-refractivity contribution is -0.147. The first-order valence-corrected chi connectivity index (χ1v) is 17.4. The summed E-state index contributed by atoms with van der Waals surface area (Å²) in [5.41, 5.74) is 2.43. The highest BCUT2D eigenvalue weighted by Gasteiger charge is 2.49. The van der Waals surface area contributed by atoms with Crippen molar-refractivity contribution in [2.24, 2.45) is 17.8 Å². The van der Waals surface area contributed by atoms with Crippen molar-refractivity contribution in [1.29, 1.82) is 0 Å². The standard InChI is InChI=1S/C41H50O6/c1-4-5-9-22-36(46-30(2)42)23-24-38-39-29-37(27-32(39)28-40(38)47-31(3)43)44-25-26-45-41(33-16-10-6-11-17-33,34-18-12-7-13-19-34)35-20-14-8-15-21-35/h6-8,10-21,23-24,32,36-40H,4-5,9,22,25-29H2,1-3H3/t32-,36?,37-,38+,39+,40+/m0/s1. The molecule has 0 bridgehead atoms. The maximum Gasteiger partial charge on any atom is 0.303 e. The van der Waals surface area contributed by atoms with Gasteiger partial charge in [-0.25, -0.2) is 0 Å². The van der Waals surface area contributed by atoms with Crippen molar-refractivity contribution in [3.05, 3.63) is 120 Å². The number of rotatable bonds is 16. The molecule has 2 aliphatic rings. The maximum atomic E-state index is 12.0. The van der Waals surface area contributed by atoms with E-state index < -0.39 is 5.60 Å². The fraction of sp³-hybridized carbons (Fsp3) is 0.463. The van der Waals surface area contributed by atoms with Crippen LogP contribution in [0.1, 0.15) is 82.4 Å². The van der Waals surface area contributed by atoms with Crippen LogP contribution in [-0.4, -0.2) is 43.5 Å². The Labute approximate surface area is 280 Å². The Hall–Kier alpha value is -3.74. The van der Waals surface area contributed by atoms with Crippen molar-refractivity contribution in [1.82, 2.24) is 0 Å². The molecule has 0 aliphatic heterocycles. The first kappa shape index (κ1) is 34.6. The van der Waals surface area contributed by atoms with Crippen LogP contribution in [0.15, 0.2) is 103 Å². The van der Waals surface area contributed by atoms with E-state index in [9.17, 15) is 9.59 Å². The number of carbonyl (C=O) groups is 2. The quantitative estimate of drug-likeness (QED) is 0.0679. The van der Waals surface area contributed by atoms with E-state index in [1.54, 1.807) is 0 Å². The van der Waals surface area contributed by atoms with Gasteiger partial charge in [-0.1, -0.05) is 117 Å². The average Bonchev–Trinajstić information content (AvgIpc) is 3.61. The minimum absolute atomic E-state index is 0.0693. The Bertz CT molecular complexity index is 1330. The van der Waals surface area contributed by atoms with Crippen LogP contribution in [0.25, 0.3) is 0 Å². The summed E-state index contributed by atoms with van der Waals surface area (Å²) in [5, 5.41) is 0. The molecule has 0 heterocycles. The zero-order chi connectivity index (χ0) is 33.1. The van der Waals surface area contributed by atoms with Gasteiger partial charge in [-0.2, -0.15) is 0 Å². The van der Waals surface area contributed by atoms with E-state index in [1.165, 1.54) is 13.8 Å². The summed E-state index contributed by atoms with van der Waals surface area (Å²) in [4.78, 5) is 23.8. The number of esters is 2. The van der Waals surface area contributed by atoms with Crippen molar-refractivity contribution in [3.63, 3.8) is 0 Å². The fourth-order valence-electron chi connectivity index (χ4n) is 7.75. The van der Waals surface area contributed by atoms with Crippen LogP contribution in [0.4, 0.5) is 0 Å². The second-order valence-electron chi connectivity index (χ2n) is 13.0. The van der Waals surface area contributed by atoms with Crippen molar-refractivity contribution in [2.45, 2.75) is 89.6 Å². The Kier molecular flexibility index (Phi) is 12.4. The van der Waals surface area contributed by atoms with E-state index in [4.69, 9.17) is 18.9 Å². The Morgan fingerprint density at radius 3 is 1.91 bits per heavy atom. The number of hydrogen-bond donors (Lipinski definition) is 0. The number of unbranched alkanes of at least 4 members (excludes halogenated alkanes) is 2. The second-order valence-corrected chi connectivity index (χ2v) is 13.0. The normalized spacial score (nSPS) is 23.0. The highest BCUT2D eigenvalue weighted by Crippen LogP contribution is 2.50. The molecule has 2 saturated carbocycles. The third-order valence-corrected chi connectivity index (χ3v) is 9.74. The summed E-state index contributed by atoms with van der Waals surface area (Å²) in [6.45, 7) is 5.99. The largest absolute Gasteiger partial charge is 0.462 e. The molecule has 47 heavy (non-hydrogen) atoms. The Morgan fingerprint density at radius 2 is 1.38 bits per heavy atom. The zero-order valence-corrected chi connectivity index (χ0v) is 28.1. The van der Waals surface area contributed by atoms with Gasteiger partial charge in [0, 0.05) is 19.8 Å². The monoisotopic (exact) mass is 638 g/mol. The van der Waals surface area contributed by atoms with Gasteiger partial charge in [0.25, 0.3) is 0 Å². The topological polar surface area (TPSA) is 71.1 Å². The SMILES string of the molecule is CCCCCC(C=C[C@@H]1[C@@H]2C[C@@H](OCCOC(c3ccccc3)(c3ccccc3)c3ccccc3)C[C@H]2C[C@H]1OC(C)=O)OC(C)=O. The summed E-state index contributed by atoms with van der Waals surface area (Å²) in [5.74, 6) is 0.289. The molecule has 6 atom stereocenters. The van der Waals surface area contributed by atoms with E-state index in [-0.39, 0.29) is 36.2 Å². The number of benzene rings is 3. The van der Waals surface area contributed by atoms with Gasteiger partial charge in [0.15, 0.2) is 0 Å². The van der Waals surface area contributed by atoms with Crippen LogP contribution < -0.4 is 0 Å². The third kappa shape index (κ3) is 8.79. The maximum absolute atomic E-state index is 12.0. The summed E-state index contributed by atoms with van der Waals surface area (Å²) in [6.07, 6.45) is 10.5. The molecule has 3 aromatic rings. The minimum atomic E-state index is -0.776. The van der Waals surface area contributed by atoms with Crippen LogP contribution in [0.3, 0.4) is 0 Å². The molecular formula is C41H50O6. The Balaban J connectivity index is 1.26. The summed E-state index contributed by atoms with van der Waals surface area (Å²) >= 11 is 0. The first-order valence-electron chi connectivity index (χ1n) is 17.4. The van der Waals surface area contributed by atoms with Gasteiger partial charge in [-0.3, -0.25) is 9.59 Å². The molecule has 3 aromatic carbocycles. The number of hydrogen-bond acceptors (Lipinski definition) is 6. The van der Waals surface area contributed by atoms with Gasteiger partial charge in [-0.15, -0.1) is 0 Å². The van der Waals surface area contributed by atoms with Crippen LogP contribution in [0.2, 0.25) is 0 Å². The van der Waals surface area contributed by atoms with E-state index >= 15 is 0 Å². The third-order valence-electron chi connectivity index (χ3n) is 9.74. The predicted octanol–water partition coefficient (Wildman–Crippen LogP) is 8.43. The molecule has 0 amide bonds. The lowest BCUT2D eigenvalue weighted by Crippen LogP contribution is -2.34. The summed E-state index contributed by atoms with van der Waals surface area (Å²) < 4.78 is 24.9.